The fourth-order valence-electron chi connectivity index (χ4n) is 2.66. The van der Waals surface area contributed by atoms with Crippen molar-refractivity contribution >= 4 is 17.6 Å². The number of alkyl halides is 3. The molecule has 0 unspecified atom stereocenters. The fraction of sp³-hybridized carbons (Fsp3) is 0.200. The minimum Gasteiger partial charge on any atom is -0.423 e. The van der Waals surface area contributed by atoms with Gasteiger partial charge in [-0.05, 0) is 50.2 Å². The summed E-state index contributed by atoms with van der Waals surface area (Å²) in [4.78, 5) is 28.4. The van der Waals surface area contributed by atoms with Gasteiger partial charge in [0.05, 0.1) is 18.1 Å². The minimum absolute atomic E-state index is 0.0108. The zero-order chi connectivity index (χ0) is 21.9. The maximum Gasteiger partial charge on any atom is 0.433 e. The fourth-order valence-corrected chi connectivity index (χ4v) is 2.66. The molecule has 1 aromatic carbocycles. The second kappa shape index (κ2) is 8.36. The smallest absolute Gasteiger partial charge is 0.423 e. The van der Waals surface area contributed by atoms with Crippen molar-refractivity contribution in [3.8, 4) is 5.75 Å². The Labute approximate surface area is 169 Å². The summed E-state index contributed by atoms with van der Waals surface area (Å²) in [6.45, 7) is 3.04. The summed E-state index contributed by atoms with van der Waals surface area (Å²) in [7, 11) is 0. The number of anilines is 1. The lowest BCUT2D eigenvalue weighted by molar-refractivity contribution is -0.145. The van der Waals surface area contributed by atoms with Crippen molar-refractivity contribution < 1.29 is 27.5 Å². The van der Waals surface area contributed by atoms with Crippen LogP contribution in [0, 0.1) is 0 Å². The average molecular weight is 418 g/mol. The number of halogens is 3. The van der Waals surface area contributed by atoms with E-state index in [4.69, 9.17) is 4.74 Å². The van der Waals surface area contributed by atoms with Gasteiger partial charge in [0.2, 0.25) is 0 Å². The maximum absolute atomic E-state index is 13.4. The van der Waals surface area contributed by atoms with Gasteiger partial charge >= 0.3 is 12.1 Å². The minimum atomic E-state index is -4.77. The molecule has 2 aromatic heterocycles. The van der Waals surface area contributed by atoms with Gasteiger partial charge in [0, 0.05) is 17.8 Å². The van der Waals surface area contributed by atoms with Gasteiger partial charge in [-0.1, -0.05) is 0 Å². The van der Waals surface area contributed by atoms with Crippen LogP contribution in [0.15, 0.2) is 55.0 Å². The van der Waals surface area contributed by atoms with Crippen molar-refractivity contribution in [2.24, 2.45) is 0 Å². The van der Waals surface area contributed by atoms with Gasteiger partial charge in [0.25, 0.3) is 5.91 Å². The van der Waals surface area contributed by atoms with Crippen LogP contribution < -0.4 is 10.1 Å². The highest BCUT2D eigenvalue weighted by Crippen LogP contribution is 2.34. The summed E-state index contributed by atoms with van der Waals surface area (Å²) >= 11 is 0. The molecule has 3 aromatic rings. The van der Waals surface area contributed by atoms with Crippen molar-refractivity contribution in [3.05, 3.63) is 71.8 Å². The molecule has 0 aliphatic rings. The van der Waals surface area contributed by atoms with E-state index in [2.05, 4.69) is 15.4 Å². The van der Waals surface area contributed by atoms with E-state index in [1.165, 1.54) is 44.3 Å². The summed E-state index contributed by atoms with van der Waals surface area (Å²) in [6.07, 6.45) is -0.901. The summed E-state index contributed by atoms with van der Waals surface area (Å²) in [6, 6.07) is 8.13. The van der Waals surface area contributed by atoms with Crippen LogP contribution in [-0.2, 0) is 6.18 Å². The molecule has 0 saturated carbocycles. The standard InChI is InChI=1S/C20H17F3N4O3/c1-12(2)27-17(20(21,22)23)16(11-25-27)19(29)30-15-7-5-13(6-8-15)18(28)26-14-4-3-9-24-10-14/h3-12H,1-2H3,(H,26,28). The van der Waals surface area contributed by atoms with Crippen molar-refractivity contribution in [3.63, 3.8) is 0 Å². The average Bonchev–Trinajstić information content (AvgIpc) is 3.15. The van der Waals surface area contributed by atoms with Crippen molar-refractivity contribution in [2.75, 3.05) is 5.32 Å². The first-order valence-electron chi connectivity index (χ1n) is 8.85. The number of aromatic nitrogens is 3. The predicted octanol–water partition coefficient (Wildman–Crippen LogP) is 4.35. The Kier molecular flexibility index (Phi) is 5.86. The monoisotopic (exact) mass is 418 g/mol. The topological polar surface area (TPSA) is 86.1 Å². The largest absolute Gasteiger partial charge is 0.433 e. The van der Waals surface area contributed by atoms with E-state index in [0.29, 0.717) is 5.69 Å². The van der Waals surface area contributed by atoms with Crippen LogP contribution in [0.3, 0.4) is 0 Å². The highest BCUT2D eigenvalue weighted by atomic mass is 19.4. The third-order valence-electron chi connectivity index (χ3n) is 4.02. The van der Waals surface area contributed by atoms with Gasteiger partial charge in [-0.25, -0.2) is 4.79 Å². The van der Waals surface area contributed by atoms with Crippen LogP contribution in [0.25, 0.3) is 0 Å². The van der Waals surface area contributed by atoms with Crippen molar-refractivity contribution in [1.29, 1.82) is 0 Å². The number of pyridine rings is 1. The Bertz CT molecular complexity index is 1050. The van der Waals surface area contributed by atoms with Gasteiger partial charge in [-0.3, -0.25) is 14.5 Å². The molecule has 0 spiro atoms. The molecule has 3 rings (SSSR count). The summed E-state index contributed by atoms with van der Waals surface area (Å²) in [5.74, 6) is -1.62. The first kappa shape index (κ1) is 21.0. The van der Waals surface area contributed by atoms with E-state index in [0.717, 1.165) is 10.9 Å². The molecule has 0 aliphatic carbocycles. The van der Waals surface area contributed by atoms with Crippen LogP contribution in [0.1, 0.15) is 46.3 Å². The van der Waals surface area contributed by atoms with Crippen LogP contribution in [0.2, 0.25) is 0 Å². The normalized spacial score (nSPS) is 11.4. The molecule has 2 heterocycles. The number of benzene rings is 1. The molecule has 0 aliphatic heterocycles. The Morgan fingerprint density at radius 2 is 1.80 bits per heavy atom. The third-order valence-corrected chi connectivity index (χ3v) is 4.02. The highest BCUT2D eigenvalue weighted by Gasteiger charge is 2.41. The molecule has 1 N–H and O–H groups in total. The van der Waals surface area contributed by atoms with Crippen molar-refractivity contribution in [2.45, 2.75) is 26.1 Å². The van der Waals surface area contributed by atoms with Crippen LogP contribution in [-0.4, -0.2) is 26.6 Å². The lowest BCUT2D eigenvalue weighted by atomic mass is 10.2. The number of hydrogen-bond donors (Lipinski definition) is 1. The lowest BCUT2D eigenvalue weighted by Crippen LogP contribution is -2.21. The first-order chi connectivity index (χ1) is 14.2. The number of hydrogen-bond acceptors (Lipinski definition) is 5. The number of rotatable bonds is 5. The quantitative estimate of drug-likeness (QED) is 0.492. The number of carbonyl (C=O) groups is 2. The van der Waals surface area contributed by atoms with E-state index in [-0.39, 0.29) is 11.3 Å². The van der Waals surface area contributed by atoms with Crippen LogP contribution in [0.4, 0.5) is 18.9 Å². The third kappa shape index (κ3) is 4.65. The van der Waals surface area contributed by atoms with Gasteiger partial charge in [-0.15, -0.1) is 0 Å². The molecule has 7 nitrogen and oxygen atoms in total. The molecular formula is C20H17F3N4O3. The summed E-state index contributed by atoms with van der Waals surface area (Å²) < 4.78 is 46.0. The lowest BCUT2D eigenvalue weighted by Gasteiger charge is -2.14. The summed E-state index contributed by atoms with van der Waals surface area (Å²) in [5.41, 5.74) is -1.09. The number of nitrogens with one attached hydrogen (secondary N) is 1. The number of amides is 1. The zero-order valence-electron chi connectivity index (χ0n) is 16.0. The van der Waals surface area contributed by atoms with E-state index in [1.807, 2.05) is 0 Å². The number of nitrogens with zero attached hydrogens (tertiary/aromatic N) is 3. The molecule has 1 amide bonds. The number of ether oxygens (including phenoxy) is 1. The van der Waals surface area contributed by atoms with Gasteiger partial charge in [-0.2, -0.15) is 18.3 Å². The van der Waals surface area contributed by atoms with E-state index < -0.39 is 35.4 Å². The summed E-state index contributed by atoms with van der Waals surface area (Å²) in [5, 5.41) is 6.30. The molecule has 0 radical (unpaired) electrons. The van der Waals surface area contributed by atoms with E-state index in [9.17, 15) is 22.8 Å². The van der Waals surface area contributed by atoms with Gasteiger partial charge in [0.1, 0.15) is 11.3 Å². The second-order valence-electron chi connectivity index (χ2n) is 6.55. The Hall–Kier alpha value is -3.69. The highest BCUT2D eigenvalue weighted by molar-refractivity contribution is 6.04. The molecular weight excluding hydrogens is 401 g/mol. The second-order valence-corrected chi connectivity index (χ2v) is 6.55. The SMILES string of the molecule is CC(C)n1ncc(C(=O)Oc2ccc(C(=O)Nc3cccnc3)cc2)c1C(F)(F)F. The molecule has 0 saturated heterocycles. The van der Waals surface area contributed by atoms with E-state index in [1.54, 1.807) is 18.3 Å². The Morgan fingerprint density at radius 1 is 1.10 bits per heavy atom. The van der Waals surface area contributed by atoms with Crippen LogP contribution in [0.5, 0.6) is 5.75 Å². The van der Waals surface area contributed by atoms with Crippen molar-refractivity contribution in [1.82, 2.24) is 14.8 Å². The number of esters is 1. The zero-order valence-corrected chi connectivity index (χ0v) is 16.0. The predicted molar refractivity (Wildman–Crippen MR) is 101 cm³/mol. The maximum atomic E-state index is 13.4. The first-order valence-corrected chi connectivity index (χ1v) is 8.85. The van der Waals surface area contributed by atoms with Crippen LogP contribution >= 0.6 is 0 Å². The van der Waals surface area contributed by atoms with Gasteiger partial charge in [0.15, 0.2) is 5.69 Å². The Morgan fingerprint density at radius 3 is 2.37 bits per heavy atom. The Balaban J connectivity index is 1.75. The molecule has 0 fully saturated rings. The van der Waals surface area contributed by atoms with Gasteiger partial charge < -0.3 is 10.1 Å². The molecule has 30 heavy (non-hydrogen) atoms. The molecule has 0 atom stereocenters. The number of carbonyl (C=O) groups excluding carboxylic acids is 2. The molecule has 156 valence electrons. The van der Waals surface area contributed by atoms with E-state index >= 15 is 0 Å². The molecule has 10 heteroatoms. The molecule has 0 bridgehead atoms.